The number of aromatic nitrogens is 1. The molecule has 6 heteroatoms. The summed E-state index contributed by atoms with van der Waals surface area (Å²) in [6.45, 7) is 1.91. The number of hydrogen-bond donors (Lipinski definition) is 0. The lowest BCUT2D eigenvalue weighted by Gasteiger charge is -2.17. The van der Waals surface area contributed by atoms with Gasteiger partial charge in [0.05, 0.1) is 10.6 Å². The van der Waals surface area contributed by atoms with Crippen LogP contribution in [0.2, 0.25) is 0 Å². The normalized spacial score (nSPS) is 21.2. The predicted molar refractivity (Wildman–Crippen MR) is 78.7 cm³/mol. The molecule has 0 spiro atoms. The molecule has 1 aromatic heterocycles. The van der Waals surface area contributed by atoms with Gasteiger partial charge in [0.1, 0.15) is 0 Å². The first kappa shape index (κ1) is 13.8. The summed E-state index contributed by atoms with van der Waals surface area (Å²) in [4.78, 5) is 8.39. The van der Waals surface area contributed by atoms with Crippen molar-refractivity contribution in [3.05, 3.63) is 59.9 Å². The molecule has 0 saturated carbocycles. The molecule has 0 bridgehead atoms. The summed E-state index contributed by atoms with van der Waals surface area (Å²) < 4.78 is 30.8. The van der Waals surface area contributed by atoms with Crippen LogP contribution in [0.5, 0.6) is 0 Å². The van der Waals surface area contributed by atoms with Crippen LogP contribution < -0.4 is 0 Å². The van der Waals surface area contributed by atoms with E-state index in [0.29, 0.717) is 5.69 Å². The van der Waals surface area contributed by atoms with Gasteiger partial charge in [-0.3, -0.25) is 4.98 Å². The van der Waals surface area contributed by atoms with Gasteiger partial charge in [0, 0.05) is 6.20 Å². The summed E-state index contributed by atoms with van der Waals surface area (Å²) in [6, 6.07) is 12.0. The summed E-state index contributed by atoms with van der Waals surface area (Å²) in [5.41, 5.74) is 1.55. The Bertz CT molecular complexity index is 755. The second-order valence-corrected chi connectivity index (χ2v) is 6.86. The number of nitrogens with zero attached hydrogens (tertiary/aromatic N) is 2. The second-order valence-electron chi connectivity index (χ2n) is 4.81. The van der Waals surface area contributed by atoms with E-state index >= 15 is 0 Å². The zero-order valence-corrected chi connectivity index (χ0v) is 12.2. The summed E-state index contributed by atoms with van der Waals surface area (Å²) in [5.74, 6) is 0. The minimum Gasteiger partial charge on any atom is -0.471 e. The van der Waals surface area contributed by atoms with E-state index in [2.05, 4.69) is 9.98 Å². The molecule has 3 rings (SSSR count). The smallest absolute Gasteiger partial charge is 0.205 e. The topological polar surface area (TPSA) is 68.6 Å². The van der Waals surface area contributed by atoms with Crippen molar-refractivity contribution in [2.24, 2.45) is 4.99 Å². The lowest BCUT2D eigenvalue weighted by atomic mass is 10.2. The maximum absolute atomic E-state index is 12.7. The van der Waals surface area contributed by atoms with Crippen molar-refractivity contribution in [3.8, 4) is 0 Å². The van der Waals surface area contributed by atoms with Gasteiger partial charge in [0.15, 0.2) is 12.5 Å². The fourth-order valence-corrected chi connectivity index (χ4v) is 3.71. The van der Waals surface area contributed by atoms with Crippen molar-refractivity contribution < 1.29 is 13.2 Å². The van der Waals surface area contributed by atoms with Crippen LogP contribution in [0.1, 0.15) is 17.4 Å². The van der Waals surface area contributed by atoms with E-state index in [9.17, 15) is 8.42 Å². The van der Waals surface area contributed by atoms with Gasteiger partial charge < -0.3 is 4.74 Å². The average Bonchev–Trinajstić information content (AvgIpc) is 2.99. The molecule has 1 aliphatic rings. The van der Waals surface area contributed by atoms with Gasteiger partial charge in [0.25, 0.3) is 0 Å². The number of hydrogen-bond acceptors (Lipinski definition) is 5. The van der Waals surface area contributed by atoms with E-state index in [1.54, 1.807) is 48.7 Å². The van der Waals surface area contributed by atoms with Crippen molar-refractivity contribution in [1.82, 2.24) is 4.98 Å². The SMILES string of the molecule is Cc1ccc(S(=O)(=O)[C@H]2N=CO[C@@H]2c2ccccn2)cc1. The highest BCUT2D eigenvalue weighted by molar-refractivity contribution is 7.92. The fourth-order valence-electron chi connectivity index (χ4n) is 2.18. The maximum Gasteiger partial charge on any atom is 0.205 e. The molecule has 1 aliphatic heterocycles. The lowest BCUT2D eigenvalue weighted by molar-refractivity contribution is 0.222. The van der Waals surface area contributed by atoms with E-state index in [1.165, 1.54) is 6.40 Å². The largest absolute Gasteiger partial charge is 0.471 e. The van der Waals surface area contributed by atoms with Crippen molar-refractivity contribution >= 4 is 16.2 Å². The quantitative estimate of drug-likeness (QED) is 0.872. The van der Waals surface area contributed by atoms with Gasteiger partial charge >= 0.3 is 0 Å². The molecule has 108 valence electrons. The van der Waals surface area contributed by atoms with Crippen LogP contribution in [0, 0.1) is 6.92 Å². The van der Waals surface area contributed by atoms with Gasteiger partial charge in [0.2, 0.25) is 15.2 Å². The first-order valence-electron chi connectivity index (χ1n) is 6.47. The Morgan fingerprint density at radius 1 is 1.10 bits per heavy atom. The molecule has 0 N–H and O–H groups in total. The first-order valence-corrected chi connectivity index (χ1v) is 8.02. The minimum atomic E-state index is -3.62. The number of aryl methyl sites for hydroxylation is 1. The Hall–Kier alpha value is -2.21. The monoisotopic (exact) mass is 302 g/mol. The van der Waals surface area contributed by atoms with Crippen LogP contribution in [0.4, 0.5) is 0 Å². The third-order valence-electron chi connectivity index (χ3n) is 3.32. The van der Waals surface area contributed by atoms with Crippen LogP contribution in [-0.4, -0.2) is 25.2 Å². The van der Waals surface area contributed by atoms with E-state index in [4.69, 9.17) is 4.74 Å². The Balaban J connectivity index is 1.98. The summed E-state index contributed by atoms with van der Waals surface area (Å²) >= 11 is 0. The first-order chi connectivity index (χ1) is 10.1. The molecule has 0 radical (unpaired) electrons. The van der Waals surface area contributed by atoms with E-state index in [1.807, 2.05) is 6.92 Å². The minimum absolute atomic E-state index is 0.238. The molecule has 0 unspecified atom stereocenters. The molecule has 0 amide bonds. The van der Waals surface area contributed by atoms with Crippen molar-refractivity contribution in [2.75, 3.05) is 0 Å². The maximum atomic E-state index is 12.7. The van der Waals surface area contributed by atoms with Crippen LogP contribution >= 0.6 is 0 Å². The average molecular weight is 302 g/mol. The van der Waals surface area contributed by atoms with E-state index in [0.717, 1.165) is 5.56 Å². The number of rotatable bonds is 3. The highest BCUT2D eigenvalue weighted by atomic mass is 32.2. The highest BCUT2D eigenvalue weighted by Gasteiger charge is 2.40. The molecule has 2 heterocycles. The summed E-state index contributed by atoms with van der Waals surface area (Å²) in [5, 5.41) is -1.00. The molecule has 5 nitrogen and oxygen atoms in total. The Morgan fingerprint density at radius 3 is 2.52 bits per heavy atom. The van der Waals surface area contributed by atoms with Gasteiger partial charge in [-0.25, -0.2) is 13.4 Å². The number of sulfone groups is 1. The number of ether oxygens (including phenoxy) is 1. The number of benzene rings is 1. The third-order valence-corrected chi connectivity index (χ3v) is 5.25. The summed E-state index contributed by atoms with van der Waals surface area (Å²) in [7, 11) is -3.62. The number of pyridine rings is 1. The second kappa shape index (κ2) is 5.29. The van der Waals surface area contributed by atoms with Gasteiger partial charge in [-0.05, 0) is 31.2 Å². The van der Waals surface area contributed by atoms with Gasteiger partial charge in [-0.15, -0.1) is 0 Å². The van der Waals surface area contributed by atoms with Crippen LogP contribution in [0.15, 0.2) is 58.5 Å². The van der Waals surface area contributed by atoms with Crippen molar-refractivity contribution in [1.29, 1.82) is 0 Å². The van der Waals surface area contributed by atoms with Gasteiger partial charge in [-0.2, -0.15) is 0 Å². The lowest BCUT2D eigenvalue weighted by Crippen LogP contribution is -2.25. The molecule has 21 heavy (non-hydrogen) atoms. The highest BCUT2D eigenvalue weighted by Crippen LogP contribution is 2.32. The van der Waals surface area contributed by atoms with E-state index in [-0.39, 0.29) is 4.90 Å². The third kappa shape index (κ3) is 2.54. The number of aliphatic imine (C=N–C) groups is 1. The molecular formula is C15H14N2O3S. The Morgan fingerprint density at radius 2 is 1.86 bits per heavy atom. The van der Waals surface area contributed by atoms with Gasteiger partial charge in [-0.1, -0.05) is 23.8 Å². The summed E-state index contributed by atoms with van der Waals surface area (Å²) in [6.07, 6.45) is 2.08. The standard InChI is InChI=1S/C15H14N2O3S/c1-11-5-7-12(8-6-11)21(18,19)15-14(20-10-17-15)13-4-2-3-9-16-13/h2-10,14-15H,1H3/t14-,15-/m1/s1. The molecule has 0 fully saturated rings. The molecular weight excluding hydrogens is 288 g/mol. The molecule has 0 aliphatic carbocycles. The van der Waals surface area contributed by atoms with Crippen LogP contribution in [0.25, 0.3) is 0 Å². The zero-order valence-electron chi connectivity index (χ0n) is 11.4. The molecule has 0 saturated heterocycles. The Kier molecular flexibility index (Phi) is 3.47. The predicted octanol–water partition coefficient (Wildman–Crippen LogP) is 2.29. The molecule has 2 atom stereocenters. The van der Waals surface area contributed by atoms with E-state index < -0.39 is 21.3 Å². The van der Waals surface area contributed by atoms with Crippen molar-refractivity contribution in [3.63, 3.8) is 0 Å². The molecule has 2 aromatic rings. The Labute approximate surface area is 123 Å². The zero-order chi connectivity index (χ0) is 14.9. The fraction of sp³-hybridized carbons (Fsp3) is 0.200. The van der Waals surface area contributed by atoms with Crippen LogP contribution in [-0.2, 0) is 14.6 Å². The van der Waals surface area contributed by atoms with Crippen molar-refractivity contribution in [2.45, 2.75) is 23.3 Å². The molecule has 1 aromatic carbocycles. The van der Waals surface area contributed by atoms with Crippen LogP contribution in [0.3, 0.4) is 0 Å².